The van der Waals surface area contributed by atoms with E-state index in [0.29, 0.717) is 5.75 Å². The molecule has 0 aliphatic heterocycles. The van der Waals surface area contributed by atoms with Gasteiger partial charge in [-0.25, -0.2) is 4.79 Å². The molecule has 1 atom stereocenters. The summed E-state index contributed by atoms with van der Waals surface area (Å²) >= 11 is 4.02. The number of carboxylic acid groups (broad SMARTS) is 1. The van der Waals surface area contributed by atoms with E-state index < -0.39 is 17.9 Å². The van der Waals surface area contributed by atoms with Crippen LogP contribution in [0.25, 0.3) is 0 Å². The van der Waals surface area contributed by atoms with Crippen LogP contribution in [0.15, 0.2) is 58.7 Å². The van der Waals surface area contributed by atoms with Crippen LogP contribution in [0.3, 0.4) is 0 Å². The van der Waals surface area contributed by atoms with Crippen molar-refractivity contribution in [1.29, 1.82) is 0 Å². The Hall–Kier alpha value is -2.01. The highest BCUT2D eigenvalue weighted by Crippen LogP contribution is 2.40. The van der Waals surface area contributed by atoms with Crippen LogP contribution in [-0.2, 0) is 9.59 Å². The van der Waals surface area contributed by atoms with E-state index in [0.717, 1.165) is 11.1 Å². The van der Waals surface area contributed by atoms with E-state index in [1.165, 1.54) is 36.5 Å². The molecule has 1 amide bonds. The lowest BCUT2D eigenvalue weighted by Crippen LogP contribution is -2.40. The fourth-order valence-electron chi connectivity index (χ4n) is 3.49. The van der Waals surface area contributed by atoms with Gasteiger partial charge >= 0.3 is 5.97 Å². The van der Waals surface area contributed by atoms with Gasteiger partial charge in [0.15, 0.2) is 0 Å². The number of hydrogen-bond acceptors (Lipinski definition) is 3. The number of aliphatic carboxylic acids is 1. The number of rotatable bonds is 9. The summed E-state index contributed by atoms with van der Waals surface area (Å²) in [6, 6.07) is -0.915. The first-order chi connectivity index (χ1) is 13.6. The first kappa shape index (κ1) is 25.0. The van der Waals surface area contributed by atoms with Gasteiger partial charge in [0.2, 0.25) is 5.91 Å². The van der Waals surface area contributed by atoms with E-state index in [1.807, 2.05) is 32.1 Å². The van der Waals surface area contributed by atoms with E-state index in [1.54, 1.807) is 0 Å². The lowest BCUT2D eigenvalue weighted by molar-refractivity contribution is -0.141. The third kappa shape index (κ3) is 8.90. The van der Waals surface area contributed by atoms with E-state index in [4.69, 9.17) is 5.11 Å². The quantitative estimate of drug-likeness (QED) is 0.267. The van der Waals surface area contributed by atoms with Gasteiger partial charge in [0, 0.05) is 6.08 Å². The zero-order valence-electron chi connectivity index (χ0n) is 18.3. The number of carbonyl (C=O) groups excluding carboxylic acids is 1. The summed E-state index contributed by atoms with van der Waals surface area (Å²) in [5.74, 6) is -1.07. The standard InChI is InChI=1S/C24H35NO3S/c1-17(11-12-20-19(3)10-7-14-24(20,4)5)8-6-9-18(2)16-22(26)25-21(13-15-29)23(27)28/h6,8-9,11-12,16,21,29H,7,10,13-15H2,1-5H3,(H,25,26)(H,27,28)/b9-6?,12-11?,17-8?,18-16-/t21-/m0/s1. The average Bonchev–Trinajstić information content (AvgIpc) is 2.60. The van der Waals surface area contributed by atoms with Gasteiger partial charge in [-0.05, 0) is 68.8 Å². The van der Waals surface area contributed by atoms with E-state index in [-0.39, 0.29) is 11.8 Å². The molecule has 0 aromatic heterocycles. The highest BCUT2D eigenvalue weighted by molar-refractivity contribution is 7.80. The number of amides is 1. The monoisotopic (exact) mass is 417 g/mol. The molecule has 29 heavy (non-hydrogen) atoms. The molecule has 2 N–H and O–H groups in total. The summed E-state index contributed by atoms with van der Waals surface area (Å²) in [4.78, 5) is 23.1. The molecule has 0 radical (unpaired) electrons. The molecule has 5 heteroatoms. The minimum absolute atomic E-state index is 0.225. The summed E-state index contributed by atoms with van der Waals surface area (Å²) in [5.41, 5.74) is 5.01. The van der Waals surface area contributed by atoms with Crippen LogP contribution in [0.4, 0.5) is 0 Å². The molecule has 0 heterocycles. The second-order valence-corrected chi connectivity index (χ2v) is 8.78. The molecular formula is C24H35NO3S. The lowest BCUT2D eigenvalue weighted by Gasteiger charge is -2.32. The number of carboxylic acids is 1. The molecule has 0 saturated heterocycles. The summed E-state index contributed by atoms with van der Waals surface area (Å²) in [6.45, 7) is 10.7. The number of carbonyl (C=O) groups is 2. The highest BCUT2D eigenvalue weighted by Gasteiger charge is 2.26. The molecule has 0 bridgehead atoms. The van der Waals surface area contributed by atoms with Gasteiger partial charge in [-0.15, -0.1) is 0 Å². The third-order valence-corrected chi connectivity index (χ3v) is 5.42. The summed E-state index contributed by atoms with van der Waals surface area (Å²) < 4.78 is 0. The van der Waals surface area contributed by atoms with Crippen LogP contribution >= 0.6 is 12.6 Å². The Kier molecular flexibility index (Phi) is 10.2. The molecule has 0 saturated carbocycles. The summed E-state index contributed by atoms with van der Waals surface area (Å²) in [6.07, 6.45) is 15.4. The predicted molar refractivity (Wildman–Crippen MR) is 124 cm³/mol. The molecule has 160 valence electrons. The average molecular weight is 418 g/mol. The van der Waals surface area contributed by atoms with Crippen molar-refractivity contribution in [1.82, 2.24) is 5.32 Å². The Labute approximate surface area is 181 Å². The van der Waals surface area contributed by atoms with Crippen LogP contribution < -0.4 is 5.32 Å². The van der Waals surface area contributed by atoms with E-state index in [9.17, 15) is 9.59 Å². The van der Waals surface area contributed by atoms with Gasteiger partial charge in [0.25, 0.3) is 0 Å². The second-order valence-electron chi connectivity index (χ2n) is 8.33. The molecule has 1 aliphatic carbocycles. The number of thiol groups is 1. The van der Waals surface area contributed by atoms with Gasteiger partial charge in [-0.3, -0.25) is 4.79 Å². The molecule has 4 nitrogen and oxygen atoms in total. The van der Waals surface area contributed by atoms with Crippen LogP contribution in [-0.4, -0.2) is 28.8 Å². The highest BCUT2D eigenvalue weighted by atomic mass is 32.1. The summed E-state index contributed by atoms with van der Waals surface area (Å²) in [5, 5.41) is 11.6. The van der Waals surface area contributed by atoms with Crippen LogP contribution in [0.1, 0.15) is 60.3 Å². The maximum absolute atomic E-state index is 12.0. The Balaban J connectivity index is 2.72. The Bertz CT molecular complexity index is 754. The number of nitrogens with one attached hydrogen (secondary N) is 1. The van der Waals surface area contributed by atoms with Gasteiger partial charge in [-0.1, -0.05) is 55.4 Å². The SMILES string of the molecule is CC(C=CC1=C(C)CCCC1(C)C)=CC=C/C(C)=C\C(=O)N[C@@H](CCS)C(=O)O. The van der Waals surface area contributed by atoms with E-state index >= 15 is 0 Å². The number of allylic oxidation sites excluding steroid dienone is 9. The van der Waals surface area contributed by atoms with Crippen molar-refractivity contribution in [2.45, 2.75) is 66.3 Å². The first-order valence-corrected chi connectivity index (χ1v) is 10.8. The normalized spacial score (nSPS) is 19.1. The van der Waals surface area contributed by atoms with E-state index in [2.05, 4.69) is 50.9 Å². The number of hydrogen-bond donors (Lipinski definition) is 3. The smallest absolute Gasteiger partial charge is 0.326 e. The topological polar surface area (TPSA) is 66.4 Å². The maximum atomic E-state index is 12.0. The van der Waals surface area contributed by atoms with Gasteiger partial charge in [0.05, 0.1) is 0 Å². The second kappa shape index (κ2) is 11.9. The Morgan fingerprint density at radius 1 is 1.24 bits per heavy atom. The molecule has 0 fully saturated rings. The van der Waals surface area contributed by atoms with Crippen molar-refractivity contribution in [2.75, 3.05) is 5.75 Å². The Morgan fingerprint density at radius 2 is 1.93 bits per heavy atom. The van der Waals surface area contributed by atoms with Crippen LogP contribution in [0.5, 0.6) is 0 Å². The van der Waals surface area contributed by atoms with Crippen LogP contribution in [0, 0.1) is 5.41 Å². The van der Waals surface area contributed by atoms with Crippen molar-refractivity contribution in [3.8, 4) is 0 Å². The van der Waals surface area contributed by atoms with Gasteiger partial charge < -0.3 is 10.4 Å². The Morgan fingerprint density at radius 3 is 2.52 bits per heavy atom. The third-order valence-electron chi connectivity index (χ3n) is 5.16. The summed E-state index contributed by atoms with van der Waals surface area (Å²) in [7, 11) is 0. The van der Waals surface area contributed by atoms with Crippen molar-refractivity contribution < 1.29 is 14.7 Å². The molecule has 0 aromatic carbocycles. The maximum Gasteiger partial charge on any atom is 0.326 e. The predicted octanol–water partition coefficient (Wildman–Crippen LogP) is 5.41. The van der Waals surface area contributed by atoms with Crippen LogP contribution in [0.2, 0.25) is 0 Å². The zero-order chi connectivity index (χ0) is 22.0. The van der Waals surface area contributed by atoms with Gasteiger partial charge in [-0.2, -0.15) is 12.6 Å². The van der Waals surface area contributed by atoms with Crippen molar-refractivity contribution in [2.24, 2.45) is 5.41 Å². The molecule has 0 spiro atoms. The molecule has 0 aromatic rings. The molecule has 1 aliphatic rings. The van der Waals surface area contributed by atoms with Crippen molar-refractivity contribution in [3.05, 3.63) is 58.7 Å². The fraction of sp³-hybridized carbons (Fsp3) is 0.500. The minimum Gasteiger partial charge on any atom is -0.480 e. The molecule has 0 unspecified atom stereocenters. The molecular weight excluding hydrogens is 382 g/mol. The largest absolute Gasteiger partial charge is 0.480 e. The van der Waals surface area contributed by atoms with Crippen molar-refractivity contribution >= 4 is 24.5 Å². The van der Waals surface area contributed by atoms with Gasteiger partial charge in [0.1, 0.15) is 6.04 Å². The zero-order valence-corrected chi connectivity index (χ0v) is 19.2. The fourth-order valence-corrected chi connectivity index (χ4v) is 3.75. The van der Waals surface area contributed by atoms with Crippen molar-refractivity contribution in [3.63, 3.8) is 0 Å². The lowest BCUT2D eigenvalue weighted by atomic mass is 9.72. The first-order valence-electron chi connectivity index (χ1n) is 10.1. The minimum atomic E-state index is -1.05. The molecule has 1 rings (SSSR count).